The second-order valence-electron chi connectivity index (χ2n) is 4.22. The van der Waals surface area contributed by atoms with Gasteiger partial charge in [0.25, 0.3) is 0 Å². The first-order chi connectivity index (χ1) is 8.13. The molecule has 0 bridgehead atoms. The number of aromatic nitrogens is 4. The third kappa shape index (κ3) is 2.12. The van der Waals surface area contributed by atoms with Gasteiger partial charge in [0.1, 0.15) is 12.1 Å². The van der Waals surface area contributed by atoms with Gasteiger partial charge in [-0.05, 0) is 18.4 Å². The Hall–Kier alpha value is -1.95. The van der Waals surface area contributed by atoms with Crippen LogP contribution in [0.5, 0.6) is 0 Å². The minimum absolute atomic E-state index is 0.252. The van der Waals surface area contributed by atoms with E-state index in [0.717, 1.165) is 16.9 Å². The molecule has 0 aromatic carbocycles. The van der Waals surface area contributed by atoms with Gasteiger partial charge in [-0.2, -0.15) is 5.10 Å². The molecule has 2 heterocycles. The van der Waals surface area contributed by atoms with Gasteiger partial charge in [0.15, 0.2) is 5.82 Å². The third-order valence-corrected chi connectivity index (χ3v) is 2.51. The number of nitrogen functional groups attached to an aromatic ring is 1. The zero-order valence-electron chi connectivity index (χ0n) is 10.2. The van der Waals surface area contributed by atoms with E-state index in [0.29, 0.717) is 5.82 Å². The number of hydrazine groups is 1. The summed E-state index contributed by atoms with van der Waals surface area (Å²) < 4.78 is 1.74. The number of nitrogens with one attached hydrogen (secondary N) is 1. The predicted octanol–water partition coefficient (Wildman–Crippen LogP) is 1.38. The van der Waals surface area contributed by atoms with Gasteiger partial charge >= 0.3 is 0 Å². The van der Waals surface area contributed by atoms with Crippen molar-refractivity contribution in [3.63, 3.8) is 0 Å². The van der Waals surface area contributed by atoms with Gasteiger partial charge in [-0.3, -0.25) is 0 Å². The fraction of sp³-hybridized carbons (Fsp3) is 0.364. The maximum atomic E-state index is 5.47. The molecule has 0 spiro atoms. The standard InChI is InChI=1S/C11H16N6/c1-7(2)9-10(16-12)13-6-14-11(9)17-5-8(3)4-15-17/h4-7H,12H2,1-3H3,(H,13,14,16). The van der Waals surface area contributed by atoms with Crippen molar-refractivity contribution >= 4 is 5.82 Å². The first kappa shape index (κ1) is 11.5. The molecule has 0 atom stereocenters. The lowest BCUT2D eigenvalue weighted by Crippen LogP contribution is -2.15. The highest BCUT2D eigenvalue weighted by atomic mass is 15.3. The van der Waals surface area contributed by atoms with Gasteiger partial charge in [-0.25, -0.2) is 20.5 Å². The van der Waals surface area contributed by atoms with Crippen molar-refractivity contribution in [2.75, 3.05) is 5.43 Å². The molecular weight excluding hydrogens is 216 g/mol. The van der Waals surface area contributed by atoms with Crippen molar-refractivity contribution in [2.45, 2.75) is 26.7 Å². The van der Waals surface area contributed by atoms with Gasteiger partial charge in [0.2, 0.25) is 0 Å². The Morgan fingerprint density at radius 1 is 1.35 bits per heavy atom. The second kappa shape index (κ2) is 4.50. The van der Waals surface area contributed by atoms with Gasteiger partial charge in [0.05, 0.1) is 6.20 Å². The van der Waals surface area contributed by atoms with Crippen LogP contribution in [-0.2, 0) is 0 Å². The van der Waals surface area contributed by atoms with E-state index >= 15 is 0 Å². The first-order valence-electron chi connectivity index (χ1n) is 5.46. The number of hydrogen-bond acceptors (Lipinski definition) is 5. The Bertz CT molecular complexity index is 516. The van der Waals surface area contributed by atoms with Crippen molar-refractivity contribution < 1.29 is 0 Å². The van der Waals surface area contributed by atoms with E-state index in [9.17, 15) is 0 Å². The molecule has 2 rings (SSSR count). The molecule has 3 N–H and O–H groups in total. The first-order valence-corrected chi connectivity index (χ1v) is 5.46. The molecule has 2 aromatic heterocycles. The molecule has 0 saturated heterocycles. The SMILES string of the molecule is Cc1cnn(-c2ncnc(NN)c2C(C)C)c1. The highest BCUT2D eigenvalue weighted by Gasteiger charge is 2.16. The van der Waals surface area contributed by atoms with Crippen LogP contribution in [0, 0.1) is 6.92 Å². The van der Waals surface area contributed by atoms with Gasteiger partial charge in [0, 0.05) is 11.8 Å². The lowest BCUT2D eigenvalue weighted by molar-refractivity contribution is 0.773. The van der Waals surface area contributed by atoms with E-state index in [-0.39, 0.29) is 5.92 Å². The van der Waals surface area contributed by atoms with Crippen LogP contribution in [0.4, 0.5) is 5.82 Å². The summed E-state index contributed by atoms with van der Waals surface area (Å²) in [5.74, 6) is 7.12. The lowest BCUT2D eigenvalue weighted by atomic mass is 10.0. The summed E-state index contributed by atoms with van der Waals surface area (Å²) in [4.78, 5) is 8.41. The highest BCUT2D eigenvalue weighted by Crippen LogP contribution is 2.26. The summed E-state index contributed by atoms with van der Waals surface area (Å²) in [6, 6.07) is 0. The van der Waals surface area contributed by atoms with Crippen molar-refractivity contribution in [1.82, 2.24) is 19.7 Å². The van der Waals surface area contributed by atoms with E-state index in [1.165, 1.54) is 6.33 Å². The van der Waals surface area contributed by atoms with Crippen molar-refractivity contribution in [3.05, 3.63) is 29.8 Å². The smallest absolute Gasteiger partial charge is 0.162 e. The number of nitrogens with two attached hydrogens (primary N) is 1. The predicted molar refractivity (Wildman–Crippen MR) is 65.8 cm³/mol. The van der Waals surface area contributed by atoms with Crippen LogP contribution in [0.2, 0.25) is 0 Å². The highest BCUT2D eigenvalue weighted by molar-refractivity contribution is 5.52. The van der Waals surface area contributed by atoms with Crippen molar-refractivity contribution in [1.29, 1.82) is 0 Å². The molecule has 0 amide bonds. The monoisotopic (exact) mass is 232 g/mol. The minimum atomic E-state index is 0.252. The van der Waals surface area contributed by atoms with E-state index in [1.54, 1.807) is 10.9 Å². The maximum absolute atomic E-state index is 5.47. The molecule has 17 heavy (non-hydrogen) atoms. The Labute approximate surface area is 99.9 Å². The molecule has 90 valence electrons. The number of nitrogens with zero attached hydrogens (tertiary/aromatic N) is 4. The molecule has 0 aliphatic rings. The summed E-state index contributed by atoms with van der Waals surface area (Å²) in [7, 11) is 0. The Kier molecular flexibility index (Phi) is 3.06. The lowest BCUT2D eigenvalue weighted by Gasteiger charge is -2.14. The second-order valence-corrected chi connectivity index (χ2v) is 4.22. The van der Waals surface area contributed by atoms with E-state index < -0.39 is 0 Å². The molecule has 6 nitrogen and oxygen atoms in total. The van der Waals surface area contributed by atoms with E-state index in [4.69, 9.17) is 5.84 Å². The zero-order chi connectivity index (χ0) is 12.4. The quantitative estimate of drug-likeness (QED) is 0.617. The van der Waals surface area contributed by atoms with Crippen LogP contribution in [-0.4, -0.2) is 19.7 Å². The summed E-state index contributed by atoms with van der Waals surface area (Å²) in [6.07, 6.45) is 5.20. The summed E-state index contributed by atoms with van der Waals surface area (Å²) >= 11 is 0. The Morgan fingerprint density at radius 2 is 2.12 bits per heavy atom. The number of anilines is 1. The summed E-state index contributed by atoms with van der Waals surface area (Å²) in [5, 5.41) is 4.26. The van der Waals surface area contributed by atoms with Crippen LogP contribution in [0.25, 0.3) is 5.82 Å². The van der Waals surface area contributed by atoms with Crippen molar-refractivity contribution in [3.8, 4) is 5.82 Å². The number of aryl methyl sites for hydroxylation is 1. The maximum Gasteiger partial charge on any atom is 0.162 e. The molecular formula is C11H16N6. The van der Waals surface area contributed by atoms with Gasteiger partial charge < -0.3 is 5.43 Å². The molecule has 0 fully saturated rings. The topological polar surface area (TPSA) is 81.7 Å². The van der Waals surface area contributed by atoms with Crippen LogP contribution in [0.1, 0.15) is 30.9 Å². The van der Waals surface area contributed by atoms with Crippen LogP contribution in [0.3, 0.4) is 0 Å². The molecule has 6 heteroatoms. The van der Waals surface area contributed by atoms with Crippen LogP contribution in [0.15, 0.2) is 18.7 Å². The number of hydrogen-bond donors (Lipinski definition) is 2. The molecule has 0 aliphatic carbocycles. The largest absolute Gasteiger partial charge is 0.308 e. The van der Waals surface area contributed by atoms with Crippen molar-refractivity contribution in [2.24, 2.45) is 5.84 Å². The normalized spacial score (nSPS) is 10.9. The fourth-order valence-electron chi connectivity index (χ4n) is 1.74. The van der Waals surface area contributed by atoms with Gasteiger partial charge in [-0.15, -0.1) is 0 Å². The fourth-order valence-corrected chi connectivity index (χ4v) is 1.74. The van der Waals surface area contributed by atoms with Gasteiger partial charge in [-0.1, -0.05) is 13.8 Å². The molecule has 0 saturated carbocycles. The summed E-state index contributed by atoms with van der Waals surface area (Å²) in [6.45, 7) is 6.13. The Balaban J connectivity index is 2.60. The molecule has 0 radical (unpaired) electrons. The summed E-state index contributed by atoms with van der Waals surface area (Å²) in [5.41, 5.74) is 4.64. The number of rotatable bonds is 3. The third-order valence-electron chi connectivity index (χ3n) is 2.51. The minimum Gasteiger partial charge on any atom is -0.308 e. The van der Waals surface area contributed by atoms with Crippen LogP contribution >= 0.6 is 0 Å². The average Bonchev–Trinajstić information content (AvgIpc) is 2.74. The molecule has 2 aromatic rings. The van der Waals surface area contributed by atoms with E-state index in [1.807, 2.05) is 13.1 Å². The van der Waals surface area contributed by atoms with Crippen LogP contribution < -0.4 is 11.3 Å². The Morgan fingerprint density at radius 3 is 2.65 bits per heavy atom. The zero-order valence-corrected chi connectivity index (χ0v) is 10.2. The average molecular weight is 232 g/mol. The molecule has 0 aliphatic heterocycles. The van der Waals surface area contributed by atoms with E-state index in [2.05, 4.69) is 34.3 Å². The molecule has 0 unspecified atom stereocenters.